The number of likely N-dealkylation sites (tertiary alicyclic amines) is 1. The van der Waals surface area contributed by atoms with Crippen LogP contribution in [0, 0.1) is 0 Å². The number of nitrogens with one attached hydrogen (secondary N) is 1. The molecule has 29 heavy (non-hydrogen) atoms. The van der Waals surface area contributed by atoms with E-state index in [4.69, 9.17) is 19.9 Å². The van der Waals surface area contributed by atoms with Crippen molar-refractivity contribution < 1.29 is 19.0 Å². The highest BCUT2D eigenvalue weighted by molar-refractivity contribution is 5.78. The first-order valence-electron chi connectivity index (χ1n) is 9.64. The number of nitrogens with zero attached hydrogens (tertiary/aromatic N) is 1. The summed E-state index contributed by atoms with van der Waals surface area (Å²) in [5.74, 6) is 1.86. The van der Waals surface area contributed by atoms with E-state index in [1.54, 1.807) is 21.3 Å². The summed E-state index contributed by atoms with van der Waals surface area (Å²) in [5.41, 5.74) is 8.41. The number of nitrogens with two attached hydrogens (primary N) is 1. The molecule has 0 aliphatic carbocycles. The third-order valence-electron chi connectivity index (χ3n) is 5.25. The van der Waals surface area contributed by atoms with Gasteiger partial charge in [-0.05, 0) is 23.3 Å². The Bertz CT molecular complexity index is 803. The second-order valence-electron chi connectivity index (χ2n) is 7.19. The molecule has 156 valence electrons. The minimum Gasteiger partial charge on any atom is -0.493 e. The first-order chi connectivity index (χ1) is 14.0. The van der Waals surface area contributed by atoms with Gasteiger partial charge in [-0.1, -0.05) is 30.3 Å². The lowest BCUT2D eigenvalue weighted by Gasteiger charge is -2.17. The maximum atomic E-state index is 12.5. The highest BCUT2D eigenvalue weighted by Gasteiger charge is 2.31. The lowest BCUT2D eigenvalue weighted by Crippen LogP contribution is -2.37. The van der Waals surface area contributed by atoms with Gasteiger partial charge in [0.2, 0.25) is 11.7 Å². The molecule has 3 N–H and O–H groups in total. The molecule has 0 radical (unpaired) electrons. The number of methoxy groups -OCH3 is 3. The number of carbonyl (C=O) groups is 1. The normalized spacial score (nSPS) is 19.0. The Hall–Kier alpha value is -2.77. The van der Waals surface area contributed by atoms with Crippen molar-refractivity contribution in [2.75, 3.05) is 41.0 Å². The van der Waals surface area contributed by atoms with Gasteiger partial charge in [0, 0.05) is 31.6 Å². The first kappa shape index (κ1) is 21.0. The van der Waals surface area contributed by atoms with Crippen LogP contribution in [-0.2, 0) is 11.3 Å². The molecule has 1 amide bonds. The van der Waals surface area contributed by atoms with E-state index in [2.05, 4.69) is 22.3 Å². The van der Waals surface area contributed by atoms with Crippen molar-refractivity contribution in [1.29, 1.82) is 0 Å². The molecule has 7 nitrogen and oxygen atoms in total. The van der Waals surface area contributed by atoms with Crippen LogP contribution in [0.3, 0.4) is 0 Å². The molecule has 0 spiro atoms. The molecular weight excluding hydrogens is 370 g/mol. The lowest BCUT2D eigenvalue weighted by molar-refractivity contribution is -0.122. The predicted octanol–water partition coefficient (Wildman–Crippen LogP) is 1.76. The number of carbonyl (C=O) groups excluding carboxylic acids is 1. The molecule has 2 aromatic carbocycles. The van der Waals surface area contributed by atoms with Crippen LogP contribution in [0.1, 0.15) is 17.0 Å². The van der Waals surface area contributed by atoms with Crippen molar-refractivity contribution in [1.82, 2.24) is 10.2 Å². The second-order valence-corrected chi connectivity index (χ2v) is 7.19. The Kier molecular flexibility index (Phi) is 6.95. The zero-order valence-corrected chi connectivity index (χ0v) is 17.2. The van der Waals surface area contributed by atoms with Gasteiger partial charge in [0.15, 0.2) is 11.5 Å². The SMILES string of the molecule is COc1cc(CNC(=O)CN2C[C@@H](N)[C@H](c3ccccc3)C2)cc(OC)c1OC. The molecule has 0 bridgehead atoms. The van der Waals surface area contributed by atoms with Gasteiger partial charge in [-0.15, -0.1) is 0 Å². The molecule has 1 aliphatic rings. The van der Waals surface area contributed by atoms with Crippen LogP contribution in [0.25, 0.3) is 0 Å². The largest absolute Gasteiger partial charge is 0.493 e. The molecule has 1 saturated heterocycles. The van der Waals surface area contributed by atoms with E-state index >= 15 is 0 Å². The fraction of sp³-hybridized carbons (Fsp3) is 0.409. The van der Waals surface area contributed by atoms with E-state index in [9.17, 15) is 4.79 Å². The zero-order valence-electron chi connectivity index (χ0n) is 17.2. The smallest absolute Gasteiger partial charge is 0.234 e. The van der Waals surface area contributed by atoms with Crippen molar-refractivity contribution in [3.63, 3.8) is 0 Å². The maximum absolute atomic E-state index is 12.5. The van der Waals surface area contributed by atoms with Crippen LogP contribution >= 0.6 is 0 Å². The summed E-state index contributed by atoms with van der Waals surface area (Å²) < 4.78 is 16.0. The van der Waals surface area contributed by atoms with Crippen molar-refractivity contribution in [2.45, 2.75) is 18.5 Å². The van der Waals surface area contributed by atoms with E-state index in [1.807, 2.05) is 30.3 Å². The average Bonchev–Trinajstić information content (AvgIpc) is 3.11. The van der Waals surface area contributed by atoms with Crippen molar-refractivity contribution in [2.24, 2.45) is 5.73 Å². The van der Waals surface area contributed by atoms with Gasteiger partial charge < -0.3 is 25.3 Å². The van der Waals surface area contributed by atoms with Crippen LogP contribution < -0.4 is 25.3 Å². The molecule has 1 heterocycles. The van der Waals surface area contributed by atoms with Crippen molar-refractivity contribution >= 4 is 5.91 Å². The lowest BCUT2D eigenvalue weighted by atomic mass is 9.95. The monoisotopic (exact) mass is 399 g/mol. The Balaban J connectivity index is 1.57. The fourth-order valence-corrected chi connectivity index (χ4v) is 3.79. The van der Waals surface area contributed by atoms with Crippen LogP contribution in [0.5, 0.6) is 17.2 Å². The molecule has 7 heteroatoms. The van der Waals surface area contributed by atoms with Crippen LogP contribution in [0.4, 0.5) is 0 Å². The van der Waals surface area contributed by atoms with Gasteiger partial charge >= 0.3 is 0 Å². The van der Waals surface area contributed by atoms with Crippen LogP contribution in [-0.4, -0.2) is 57.8 Å². The quantitative estimate of drug-likeness (QED) is 0.704. The van der Waals surface area contributed by atoms with E-state index < -0.39 is 0 Å². The minimum absolute atomic E-state index is 0.0281. The minimum atomic E-state index is -0.0420. The van der Waals surface area contributed by atoms with Crippen LogP contribution in [0.2, 0.25) is 0 Å². The number of benzene rings is 2. The van der Waals surface area contributed by atoms with E-state index in [1.165, 1.54) is 5.56 Å². The van der Waals surface area contributed by atoms with Gasteiger partial charge in [-0.25, -0.2) is 0 Å². The summed E-state index contributed by atoms with van der Waals surface area (Å²) in [6.45, 7) is 2.18. The number of hydrogen-bond acceptors (Lipinski definition) is 6. The van der Waals surface area contributed by atoms with Crippen molar-refractivity contribution in [3.8, 4) is 17.2 Å². The summed E-state index contributed by atoms with van der Waals surface area (Å²) in [6.07, 6.45) is 0. The molecule has 0 aromatic heterocycles. The first-order valence-corrected chi connectivity index (χ1v) is 9.64. The fourth-order valence-electron chi connectivity index (χ4n) is 3.79. The zero-order chi connectivity index (χ0) is 20.8. The molecular formula is C22H29N3O4. The third kappa shape index (κ3) is 4.99. The van der Waals surface area contributed by atoms with Gasteiger partial charge in [0.05, 0.1) is 27.9 Å². The second kappa shape index (κ2) is 9.62. The number of hydrogen-bond donors (Lipinski definition) is 2. The molecule has 0 saturated carbocycles. The third-order valence-corrected chi connectivity index (χ3v) is 5.25. The highest BCUT2D eigenvalue weighted by atomic mass is 16.5. The summed E-state index contributed by atoms with van der Waals surface area (Å²) in [6, 6.07) is 13.9. The Morgan fingerprint density at radius 2 is 1.72 bits per heavy atom. The van der Waals surface area contributed by atoms with E-state index in [0.29, 0.717) is 36.9 Å². The highest BCUT2D eigenvalue weighted by Crippen LogP contribution is 2.38. The number of rotatable bonds is 8. The Morgan fingerprint density at radius 1 is 1.07 bits per heavy atom. The average molecular weight is 399 g/mol. The molecule has 1 fully saturated rings. The summed E-state index contributed by atoms with van der Waals surface area (Å²) in [7, 11) is 4.70. The van der Waals surface area contributed by atoms with Crippen LogP contribution in [0.15, 0.2) is 42.5 Å². The van der Waals surface area contributed by atoms with Crippen molar-refractivity contribution in [3.05, 3.63) is 53.6 Å². The van der Waals surface area contributed by atoms with Gasteiger partial charge in [-0.3, -0.25) is 9.69 Å². The Labute approximate surface area is 171 Å². The molecule has 2 aromatic rings. The summed E-state index contributed by atoms with van der Waals surface area (Å²) in [4.78, 5) is 14.6. The van der Waals surface area contributed by atoms with E-state index in [-0.39, 0.29) is 17.9 Å². The molecule has 2 atom stereocenters. The summed E-state index contributed by atoms with van der Waals surface area (Å²) >= 11 is 0. The Morgan fingerprint density at radius 3 is 2.31 bits per heavy atom. The topological polar surface area (TPSA) is 86.1 Å². The number of ether oxygens (including phenoxy) is 3. The van der Waals surface area contributed by atoms with Gasteiger partial charge in [0.1, 0.15) is 0 Å². The number of amides is 1. The maximum Gasteiger partial charge on any atom is 0.234 e. The summed E-state index contributed by atoms with van der Waals surface area (Å²) in [5, 5.41) is 2.96. The standard InChI is InChI=1S/C22H29N3O4/c1-27-19-9-15(10-20(28-2)22(19)29-3)11-24-21(26)14-25-12-17(18(23)13-25)16-7-5-4-6-8-16/h4-10,17-18H,11-14,23H2,1-3H3,(H,24,26)/t17-,18+/m0/s1. The molecule has 1 aliphatic heterocycles. The van der Waals surface area contributed by atoms with Gasteiger partial charge in [0.25, 0.3) is 0 Å². The van der Waals surface area contributed by atoms with Gasteiger partial charge in [-0.2, -0.15) is 0 Å². The molecule has 3 rings (SSSR count). The molecule has 0 unspecified atom stereocenters. The predicted molar refractivity (Wildman–Crippen MR) is 112 cm³/mol. The van der Waals surface area contributed by atoms with E-state index in [0.717, 1.165) is 12.1 Å².